The summed E-state index contributed by atoms with van der Waals surface area (Å²) < 4.78 is 31.4. The molecule has 0 amide bonds. The summed E-state index contributed by atoms with van der Waals surface area (Å²) in [6.45, 7) is 3.97. The zero-order valence-corrected chi connectivity index (χ0v) is 16.2. The van der Waals surface area contributed by atoms with E-state index in [9.17, 15) is 13.5 Å². The van der Waals surface area contributed by atoms with Gasteiger partial charge in [-0.2, -0.15) is 0 Å². The van der Waals surface area contributed by atoms with Crippen molar-refractivity contribution in [1.82, 2.24) is 0 Å². The Morgan fingerprint density at radius 3 is 2.65 bits per heavy atom. The van der Waals surface area contributed by atoms with Crippen LogP contribution in [0.5, 0.6) is 0 Å². The number of benzene rings is 1. The van der Waals surface area contributed by atoms with Gasteiger partial charge in [-0.1, -0.05) is 17.3 Å². The quantitative estimate of drug-likeness (QED) is 0.471. The summed E-state index contributed by atoms with van der Waals surface area (Å²) in [5.74, 6) is 0. The number of nitrogens with zero attached hydrogens (tertiary/aromatic N) is 1. The van der Waals surface area contributed by atoms with Crippen molar-refractivity contribution in [1.29, 1.82) is 0 Å². The second kappa shape index (κ2) is 7.11. The molecule has 0 saturated carbocycles. The molecule has 8 heteroatoms. The Bertz CT molecular complexity index is 917. The molecular formula is C18H21NO5S2. The van der Waals surface area contributed by atoms with Gasteiger partial charge in [-0.15, -0.1) is 11.3 Å². The minimum Gasteiger partial charge on any atom is -0.411 e. The number of hydrogen-bond donors (Lipinski definition) is 2. The van der Waals surface area contributed by atoms with Gasteiger partial charge in [0.15, 0.2) is 0 Å². The van der Waals surface area contributed by atoms with Crippen molar-refractivity contribution in [2.24, 2.45) is 5.16 Å². The first-order valence-electron chi connectivity index (χ1n) is 8.23. The van der Waals surface area contributed by atoms with E-state index in [0.29, 0.717) is 36.3 Å². The van der Waals surface area contributed by atoms with E-state index in [2.05, 4.69) is 5.16 Å². The monoisotopic (exact) mass is 395 g/mol. The van der Waals surface area contributed by atoms with Gasteiger partial charge in [-0.25, -0.2) is 8.42 Å². The molecule has 1 saturated heterocycles. The molecule has 3 rings (SSSR count). The second-order valence-electron chi connectivity index (χ2n) is 6.53. The molecule has 1 aromatic heterocycles. The van der Waals surface area contributed by atoms with Crippen molar-refractivity contribution in [3.8, 4) is 0 Å². The first-order valence-corrected chi connectivity index (χ1v) is 10.6. The average Bonchev–Trinajstić information content (AvgIpc) is 3.13. The number of aliphatic hydroxyl groups is 1. The van der Waals surface area contributed by atoms with E-state index in [0.717, 1.165) is 11.3 Å². The van der Waals surface area contributed by atoms with Crippen molar-refractivity contribution in [3.63, 3.8) is 0 Å². The minimum atomic E-state index is -3.67. The first-order chi connectivity index (χ1) is 12.3. The number of rotatable bonds is 4. The topological polar surface area (TPSA) is 96.2 Å². The van der Waals surface area contributed by atoms with Crippen LogP contribution in [0.15, 0.2) is 50.0 Å². The number of thiophene rings is 1. The zero-order chi connectivity index (χ0) is 18.9. The van der Waals surface area contributed by atoms with Gasteiger partial charge in [0, 0.05) is 12.8 Å². The van der Waals surface area contributed by atoms with Gasteiger partial charge in [-0.3, -0.25) is 0 Å². The van der Waals surface area contributed by atoms with Crippen LogP contribution in [-0.4, -0.2) is 37.2 Å². The second-order valence-corrected chi connectivity index (χ2v) is 9.62. The molecule has 0 unspecified atom stereocenters. The van der Waals surface area contributed by atoms with E-state index in [1.165, 1.54) is 12.1 Å². The summed E-state index contributed by atoms with van der Waals surface area (Å²) in [7, 11) is -3.67. The molecule has 0 radical (unpaired) electrons. The smallest absolute Gasteiger partial charge is 0.215 e. The van der Waals surface area contributed by atoms with E-state index < -0.39 is 15.4 Å². The van der Waals surface area contributed by atoms with E-state index in [4.69, 9.17) is 9.94 Å². The highest BCUT2D eigenvalue weighted by Gasteiger charge is 2.36. The van der Waals surface area contributed by atoms with Gasteiger partial charge in [-0.05, 0) is 48.6 Å². The molecule has 2 atom stereocenters. The predicted octanol–water partition coefficient (Wildman–Crippen LogP) is 3.17. The van der Waals surface area contributed by atoms with E-state index >= 15 is 0 Å². The Balaban J connectivity index is 1.90. The molecule has 0 spiro atoms. The van der Waals surface area contributed by atoms with Crippen LogP contribution in [0.25, 0.3) is 0 Å². The fourth-order valence-electron chi connectivity index (χ4n) is 3.08. The van der Waals surface area contributed by atoms with Crippen molar-refractivity contribution >= 4 is 26.9 Å². The molecule has 6 nitrogen and oxygen atoms in total. The highest BCUT2D eigenvalue weighted by molar-refractivity contribution is 7.93. The molecule has 1 aliphatic rings. The Labute approximate surface area is 156 Å². The number of hydrogen-bond acceptors (Lipinski definition) is 7. The van der Waals surface area contributed by atoms with Crippen LogP contribution in [0.3, 0.4) is 0 Å². The Morgan fingerprint density at radius 2 is 2.04 bits per heavy atom. The molecule has 0 aliphatic carbocycles. The molecule has 2 aromatic rings. The molecule has 26 heavy (non-hydrogen) atoms. The molecule has 140 valence electrons. The predicted molar refractivity (Wildman–Crippen MR) is 98.8 cm³/mol. The highest BCUT2D eigenvalue weighted by atomic mass is 32.2. The number of ether oxygens (including phenoxy) is 1. The Hall–Kier alpha value is -1.74. The lowest BCUT2D eigenvalue weighted by Gasteiger charge is -2.35. The van der Waals surface area contributed by atoms with Crippen molar-refractivity contribution in [2.75, 3.05) is 6.61 Å². The van der Waals surface area contributed by atoms with Crippen molar-refractivity contribution in [2.45, 2.75) is 47.5 Å². The molecule has 1 aliphatic heterocycles. The SMILES string of the molecule is CC(=NO)c1ccc(S(=O)(=O)c2cc([C@@]3(O)CCO[C@@H](C)C3)cs2)cc1. The van der Waals surface area contributed by atoms with Crippen molar-refractivity contribution < 1.29 is 23.5 Å². The summed E-state index contributed by atoms with van der Waals surface area (Å²) in [5, 5.41) is 24.5. The number of oxime groups is 1. The highest BCUT2D eigenvalue weighted by Crippen LogP contribution is 2.38. The maximum absolute atomic E-state index is 12.9. The molecule has 2 N–H and O–H groups in total. The third-order valence-electron chi connectivity index (χ3n) is 4.65. The summed E-state index contributed by atoms with van der Waals surface area (Å²) in [6, 6.07) is 7.74. The van der Waals surface area contributed by atoms with E-state index in [1.54, 1.807) is 30.5 Å². The molecule has 0 bridgehead atoms. The Kier molecular flexibility index (Phi) is 5.21. The average molecular weight is 396 g/mol. The maximum Gasteiger partial charge on any atom is 0.215 e. The Morgan fingerprint density at radius 1 is 1.35 bits per heavy atom. The van der Waals surface area contributed by atoms with E-state index in [1.807, 2.05) is 6.92 Å². The van der Waals surface area contributed by atoms with Gasteiger partial charge < -0.3 is 15.1 Å². The lowest BCUT2D eigenvalue weighted by molar-refractivity contribution is -0.101. The van der Waals surface area contributed by atoms with Crippen LogP contribution in [-0.2, 0) is 20.2 Å². The van der Waals surface area contributed by atoms with Gasteiger partial charge in [0.2, 0.25) is 9.84 Å². The van der Waals surface area contributed by atoms with Crippen LogP contribution in [0, 0.1) is 0 Å². The summed E-state index contributed by atoms with van der Waals surface area (Å²) >= 11 is 1.11. The molecule has 2 heterocycles. The van der Waals surface area contributed by atoms with Crippen LogP contribution in [0.1, 0.15) is 37.8 Å². The van der Waals surface area contributed by atoms with Gasteiger partial charge in [0.25, 0.3) is 0 Å². The fourth-order valence-corrected chi connectivity index (χ4v) is 5.75. The largest absolute Gasteiger partial charge is 0.411 e. The lowest BCUT2D eigenvalue weighted by Crippen LogP contribution is -2.37. The molecular weight excluding hydrogens is 374 g/mol. The van der Waals surface area contributed by atoms with Gasteiger partial charge in [0.1, 0.15) is 4.21 Å². The van der Waals surface area contributed by atoms with Gasteiger partial charge >= 0.3 is 0 Å². The van der Waals surface area contributed by atoms with Crippen LogP contribution in [0.4, 0.5) is 0 Å². The van der Waals surface area contributed by atoms with Crippen LogP contribution in [0.2, 0.25) is 0 Å². The molecule has 1 aromatic carbocycles. The summed E-state index contributed by atoms with van der Waals surface area (Å²) in [6.07, 6.45) is 0.817. The molecule has 1 fully saturated rings. The summed E-state index contributed by atoms with van der Waals surface area (Å²) in [4.78, 5) is 0.160. The van der Waals surface area contributed by atoms with E-state index in [-0.39, 0.29) is 15.2 Å². The zero-order valence-electron chi connectivity index (χ0n) is 14.5. The third-order valence-corrected chi connectivity index (χ3v) is 7.86. The fraction of sp³-hybridized carbons (Fsp3) is 0.389. The third kappa shape index (κ3) is 3.55. The standard InChI is InChI=1S/C18H21NO5S2/c1-12-10-18(20,7-8-24-12)15-9-17(25-11-15)26(22,23)16-5-3-14(4-6-16)13(2)19-21/h3-6,9,11-12,20-21H,7-8,10H2,1-2H3/t12-,18+/m0/s1. The first kappa shape index (κ1) is 19.0. The van der Waals surface area contributed by atoms with Gasteiger partial charge in [0.05, 0.1) is 28.9 Å². The lowest BCUT2D eigenvalue weighted by atomic mass is 9.86. The maximum atomic E-state index is 12.9. The van der Waals surface area contributed by atoms with Crippen LogP contribution >= 0.6 is 11.3 Å². The normalized spacial score (nSPS) is 24.6. The summed E-state index contributed by atoms with van der Waals surface area (Å²) in [5.41, 5.74) is 0.615. The number of sulfone groups is 1. The van der Waals surface area contributed by atoms with Crippen LogP contribution < -0.4 is 0 Å². The van der Waals surface area contributed by atoms with Crippen molar-refractivity contribution in [3.05, 3.63) is 46.8 Å². The minimum absolute atomic E-state index is 0.0716.